The quantitative estimate of drug-likeness (QED) is 0.642. The summed E-state index contributed by atoms with van der Waals surface area (Å²) < 4.78 is 10.8. The summed E-state index contributed by atoms with van der Waals surface area (Å²) in [7, 11) is 0. The van der Waals surface area contributed by atoms with Crippen molar-refractivity contribution in [2.45, 2.75) is 38.6 Å². The normalized spacial score (nSPS) is 15.3. The van der Waals surface area contributed by atoms with Gasteiger partial charge in [0.1, 0.15) is 12.0 Å². The Balaban J connectivity index is 1.34. The van der Waals surface area contributed by atoms with Crippen LogP contribution < -0.4 is 25.8 Å². The summed E-state index contributed by atoms with van der Waals surface area (Å²) in [5.74, 6) is 2.85. The largest absolute Gasteiger partial charge is 0.454 e. The smallest absolute Gasteiger partial charge is 0.231 e. The van der Waals surface area contributed by atoms with E-state index in [0.717, 1.165) is 30.0 Å². The average Bonchev–Trinajstić information content (AvgIpc) is 3.17. The molecule has 0 amide bonds. The summed E-state index contributed by atoms with van der Waals surface area (Å²) in [6, 6.07) is 5.87. The standard InChI is InChI=1S/C20H25N5O2/c21-18-19(22-9-8-14-4-2-1-3-5-14)24-12-25-20(18)23-11-15-6-7-16-17(10-15)27-13-26-16/h4,6-7,10,12H,1-3,5,8-9,11,13,21H2,(H2,22,23,24,25). The number of nitrogens with one attached hydrogen (secondary N) is 2. The maximum absolute atomic E-state index is 6.25. The second kappa shape index (κ2) is 8.16. The van der Waals surface area contributed by atoms with Crippen LogP contribution in [0.2, 0.25) is 0 Å². The second-order valence-electron chi connectivity index (χ2n) is 6.81. The van der Waals surface area contributed by atoms with Crippen LogP contribution >= 0.6 is 0 Å². The molecule has 0 saturated heterocycles. The van der Waals surface area contributed by atoms with E-state index in [1.807, 2.05) is 18.2 Å². The predicted molar refractivity (Wildman–Crippen MR) is 106 cm³/mol. The van der Waals surface area contributed by atoms with Gasteiger partial charge >= 0.3 is 0 Å². The third kappa shape index (κ3) is 4.24. The van der Waals surface area contributed by atoms with Gasteiger partial charge in [0.2, 0.25) is 6.79 Å². The van der Waals surface area contributed by atoms with E-state index in [1.54, 1.807) is 0 Å². The Labute approximate surface area is 159 Å². The molecule has 0 fully saturated rings. The van der Waals surface area contributed by atoms with Gasteiger partial charge in [0, 0.05) is 13.1 Å². The number of nitrogens with zero attached hydrogens (tertiary/aromatic N) is 2. The van der Waals surface area contributed by atoms with Crippen molar-refractivity contribution in [2.24, 2.45) is 0 Å². The molecule has 2 aliphatic rings. The van der Waals surface area contributed by atoms with Crippen LogP contribution in [0.15, 0.2) is 36.2 Å². The molecule has 1 aliphatic carbocycles. The summed E-state index contributed by atoms with van der Waals surface area (Å²) in [4.78, 5) is 8.55. The first-order chi connectivity index (χ1) is 13.3. The lowest BCUT2D eigenvalue weighted by atomic mass is 9.97. The highest BCUT2D eigenvalue weighted by molar-refractivity contribution is 5.74. The molecule has 0 bridgehead atoms. The lowest BCUT2D eigenvalue weighted by Gasteiger charge is -2.15. The first kappa shape index (κ1) is 17.5. The van der Waals surface area contributed by atoms with Gasteiger partial charge in [-0.05, 0) is 49.8 Å². The van der Waals surface area contributed by atoms with Gasteiger partial charge in [-0.25, -0.2) is 9.97 Å². The van der Waals surface area contributed by atoms with Gasteiger partial charge in [-0.3, -0.25) is 0 Å². The van der Waals surface area contributed by atoms with Crippen molar-refractivity contribution in [1.82, 2.24) is 9.97 Å². The highest BCUT2D eigenvalue weighted by Crippen LogP contribution is 2.33. The Morgan fingerprint density at radius 1 is 1.04 bits per heavy atom. The van der Waals surface area contributed by atoms with Crippen molar-refractivity contribution in [3.05, 3.63) is 41.7 Å². The fraction of sp³-hybridized carbons (Fsp3) is 0.400. The van der Waals surface area contributed by atoms with Crippen LogP contribution in [0.25, 0.3) is 0 Å². The third-order valence-electron chi connectivity index (χ3n) is 4.90. The van der Waals surface area contributed by atoms with Gasteiger partial charge in [0.05, 0.1) is 0 Å². The summed E-state index contributed by atoms with van der Waals surface area (Å²) >= 11 is 0. The van der Waals surface area contributed by atoms with Crippen molar-refractivity contribution in [2.75, 3.05) is 29.7 Å². The summed E-state index contributed by atoms with van der Waals surface area (Å²) in [5.41, 5.74) is 9.38. The molecule has 0 radical (unpaired) electrons. The molecule has 4 N–H and O–H groups in total. The molecule has 142 valence electrons. The topological polar surface area (TPSA) is 94.3 Å². The minimum Gasteiger partial charge on any atom is -0.454 e. The molecule has 4 rings (SSSR count). The molecule has 7 heteroatoms. The molecular formula is C20H25N5O2. The SMILES string of the molecule is Nc1c(NCCC2=CCCCC2)ncnc1NCc1ccc2c(c1)OCO2. The van der Waals surface area contributed by atoms with Crippen LogP contribution in [0.1, 0.15) is 37.7 Å². The third-order valence-corrected chi connectivity index (χ3v) is 4.90. The Morgan fingerprint density at radius 2 is 1.89 bits per heavy atom. The van der Waals surface area contributed by atoms with Crippen molar-refractivity contribution in [3.8, 4) is 11.5 Å². The summed E-state index contributed by atoms with van der Waals surface area (Å²) in [6.45, 7) is 1.69. The molecule has 0 saturated carbocycles. The summed E-state index contributed by atoms with van der Waals surface area (Å²) in [5, 5.41) is 6.62. The van der Waals surface area contributed by atoms with E-state index in [9.17, 15) is 0 Å². The Hall–Kier alpha value is -2.96. The maximum Gasteiger partial charge on any atom is 0.231 e. The van der Waals surface area contributed by atoms with E-state index < -0.39 is 0 Å². The Kier molecular flexibility index (Phi) is 5.27. The number of ether oxygens (including phenoxy) is 2. The van der Waals surface area contributed by atoms with Gasteiger partial charge in [-0.15, -0.1) is 0 Å². The average molecular weight is 367 g/mol. The highest BCUT2D eigenvalue weighted by atomic mass is 16.7. The lowest BCUT2D eigenvalue weighted by Crippen LogP contribution is -2.11. The minimum absolute atomic E-state index is 0.275. The molecule has 2 heterocycles. The Morgan fingerprint density at radius 3 is 2.74 bits per heavy atom. The molecule has 7 nitrogen and oxygen atoms in total. The number of hydrogen-bond donors (Lipinski definition) is 3. The van der Waals surface area contributed by atoms with Gasteiger partial charge in [0.25, 0.3) is 0 Å². The van der Waals surface area contributed by atoms with Crippen LogP contribution in [-0.4, -0.2) is 23.3 Å². The molecule has 0 unspecified atom stereocenters. The molecule has 0 spiro atoms. The molecule has 27 heavy (non-hydrogen) atoms. The minimum atomic E-state index is 0.275. The fourth-order valence-electron chi connectivity index (χ4n) is 3.39. The van der Waals surface area contributed by atoms with E-state index in [2.05, 4.69) is 26.7 Å². The first-order valence-corrected chi connectivity index (χ1v) is 9.44. The predicted octanol–water partition coefficient (Wildman–Crippen LogP) is 3.70. The number of allylic oxidation sites excluding steroid dienone is 1. The number of benzene rings is 1. The molecule has 2 aromatic rings. The van der Waals surface area contributed by atoms with Gasteiger partial charge < -0.3 is 25.8 Å². The number of hydrogen-bond acceptors (Lipinski definition) is 7. The molecule has 1 aliphatic heterocycles. The van der Waals surface area contributed by atoms with E-state index >= 15 is 0 Å². The van der Waals surface area contributed by atoms with E-state index in [4.69, 9.17) is 15.2 Å². The monoisotopic (exact) mass is 367 g/mol. The number of nitrogens with two attached hydrogens (primary N) is 1. The highest BCUT2D eigenvalue weighted by Gasteiger charge is 2.14. The van der Waals surface area contributed by atoms with Crippen molar-refractivity contribution in [3.63, 3.8) is 0 Å². The molecule has 1 aromatic heterocycles. The van der Waals surface area contributed by atoms with Gasteiger partial charge in [0.15, 0.2) is 23.1 Å². The number of rotatable bonds is 7. The van der Waals surface area contributed by atoms with Crippen LogP contribution in [0.5, 0.6) is 11.5 Å². The van der Waals surface area contributed by atoms with Crippen LogP contribution in [0.4, 0.5) is 17.3 Å². The van der Waals surface area contributed by atoms with Gasteiger partial charge in [-0.1, -0.05) is 17.7 Å². The number of aromatic nitrogens is 2. The van der Waals surface area contributed by atoms with E-state index in [1.165, 1.54) is 37.6 Å². The van der Waals surface area contributed by atoms with Crippen molar-refractivity contribution >= 4 is 17.3 Å². The number of fused-ring (bicyclic) bond motifs is 1. The van der Waals surface area contributed by atoms with Crippen molar-refractivity contribution < 1.29 is 9.47 Å². The lowest BCUT2D eigenvalue weighted by molar-refractivity contribution is 0.174. The first-order valence-electron chi connectivity index (χ1n) is 9.44. The van der Waals surface area contributed by atoms with Crippen molar-refractivity contribution in [1.29, 1.82) is 0 Å². The molecule has 0 atom stereocenters. The van der Waals surface area contributed by atoms with E-state index in [0.29, 0.717) is 23.9 Å². The van der Waals surface area contributed by atoms with Crippen LogP contribution in [-0.2, 0) is 6.54 Å². The zero-order valence-electron chi connectivity index (χ0n) is 15.3. The van der Waals surface area contributed by atoms with E-state index in [-0.39, 0.29) is 6.79 Å². The second-order valence-corrected chi connectivity index (χ2v) is 6.81. The van der Waals surface area contributed by atoms with Crippen LogP contribution in [0.3, 0.4) is 0 Å². The molecular weight excluding hydrogens is 342 g/mol. The van der Waals surface area contributed by atoms with Crippen LogP contribution in [0, 0.1) is 0 Å². The maximum atomic E-state index is 6.25. The zero-order chi connectivity index (χ0) is 18.5. The number of nitrogen functional groups attached to an aromatic ring is 1. The fourth-order valence-corrected chi connectivity index (χ4v) is 3.39. The Bertz CT molecular complexity index is 837. The zero-order valence-corrected chi connectivity index (χ0v) is 15.3. The number of anilines is 3. The van der Waals surface area contributed by atoms with Gasteiger partial charge in [-0.2, -0.15) is 0 Å². The summed E-state index contributed by atoms with van der Waals surface area (Å²) in [6.07, 6.45) is 9.96. The molecule has 1 aromatic carbocycles.